The van der Waals surface area contributed by atoms with Crippen LogP contribution in [0.15, 0.2) is 33.3 Å². The molecule has 0 saturated heterocycles. The van der Waals surface area contributed by atoms with Gasteiger partial charge in [-0.1, -0.05) is 33.2 Å². The van der Waals surface area contributed by atoms with Crippen LogP contribution in [-0.4, -0.2) is 11.1 Å². The minimum Gasteiger partial charge on any atom is -0.361 e. The average Bonchev–Trinajstić information content (AvgIpc) is 2.69. The maximum atomic E-state index is 12.2. The van der Waals surface area contributed by atoms with Crippen molar-refractivity contribution in [3.63, 3.8) is 0 Å². The Hall–Kier alpha value is -1.62. The van der Waals surface area contributed by atoms with Crippen molar-refractivity contribution < 1.29 is 9.32 Å². The zero-order chi connectivity index (χ0) is 14.0. The third kappa shape index (κ3) is 3.04. The van der Waals surface area contributed by atoms with Crippen LogP contribution in [0.4, 0.5) is 0 Å². The van der Waals surface area contributed by atoms with Crippen molar-refractivity contribution in [1.29, 1.82) is 0 Å². The standard InChI is InChI=1S/C14H15BrN2O2/c1-8(11-5-4-6-12(15)7-11)16-14(18)13-9(2)17-19-10(13)3/h4-8H,1-3H3,(H,16,18). The molecule has 19 heavy (non-hydrogen) atoms. The molecular weight excluding hydrogens is 308 g/mol. The first-order valence-corrected chi connectivity index (χ1v) is 6.77. The number of amides is 1. The monoisotopic (exact) mass is 322 g/mol. The van der Waals surface area contributed by atoms with Gasteiger partial charge in [0, 0.05) is 4.47 Å². The summed E-state index contributed by atoms with van der Waals surface area (Å²) >= 11 is 3.42. The van der Waals surface area contributed by atoms with Crippen LogP contribution in [-0.2, 0) is 0 Å². The van der Waals surface area contributed by atoms with Gasteiger partial charge >= 0.3 is 0 Å². The van der Waals surface area contributed by atoms with Crippen LogP contribution in [0.3, 0.4) is 0 Å². The third-order valence-electron chi connectivity index (χ3n) is 2.96. The van der Waals surface area contributed by atoms with E-state index in [-0.39, 0.29) is 11.9 Å². The van der Waals surface area contributed by atoms with Crippen LogP contribution in [0.2, 0.25) is 0 Å². The summed E-state index contributed by atoms with van der Waals surface area (Å²) in [6.07, 6.45) is 0. The maximum absolute atomic E-state index is 12.2. The second kappa shape index (κ2) is 5.57. The number of carbonyl (C=O) groups is 1. The highest BCUT2D eigenvalue weighted by molar-refractivity contribution is 9.10. The van der Waals surface area contributed by atoms with Gasteiger partial charge in [-0.2, -0.15) is 0 Å². The first-order valence-electron chi connectivity index (χ1n) is 5.98. The van der Waals surface area contributed by atoms with Gasteiger partial charge in [0.2, 0.25) is 0 Å². The molecule has 0 fully saturated rings. The highest BCUT2D eigenvalue weighted by Gasteiger charge is 2.19. The van der Waals surface area contributed by atoms with E-state index in [4.69, 9.17) is 4.52 Å². The van der Waals surface area contributed by atoms with Gasteiger partial charge in [0.1, 0.15) is 11.3 Å². The normalized spacial score (nSPS) is 12.2. The topological polar surface area (TPSA) is 55.1 Å². The SMILES string of the molecule is Cc1noc(C)c1C(=O)NC(C)c1cccc(Br)c1. The molecule has 0 radical (unpaired) electrons. The zero-order valence-electron chi connectivity index (χ0n) is 11.0. The van der Waals surface area contributed by atoms with Crippen LogP contribution in [0, 0.1) is 13.8 Å². The molecule has 1 unspecified atom stereocenters. The highest BCUT2D eigenvalue weighted by atomic mass is 79.9. The van der Waals surface area contributed by atoms with Crippen LogP contribution < -0.4 is 5.32 Å². The van der Waals surface area contributed by atoms with Crippen molar-refractivity contribution in [1.82, 2.24) is 10.5 Å². The molecule has 1 atom stereocenters. The molecule has 2 rings (SSSR count). The summed E-state index contributed by atoms with van der Waals surface area (Å²) in [4.78, 5) is 12.2. The molecule has 5 heteroatoms. The van der Waals surface area contributed by atoms with Crippen molar-refractivity contribution >= 4 is 21.8 Å². The quantitative estimate of drug-likeness (QED) is 0.940. The molecule has 0 saturated carbocycles. The summed E-state index contributed by atoms with van der Waals surface area (Å²) in [6.45, 7) is 5.44. The summed E-state index contributed by atoms with van der Waals surface area (Å²) in [5.41, 5.74) is 2.16. The molecule has 1 aromatic carbocycles. The number of rotatable bonds is 3. The Bertz CT molecular complexity index is 588. The van der Waals surface area contributed by atoms with Gasteiger partial charge in [-0.25, -0.2) is 0 Å². The summed E-state index contributed by atoms with van der Waals surface area (Å²) in [6, 6.07) is 7.77. The molecule has 1 heterocycles. The Kier molecular flexibility index (Phi) is 4.04. The fraction of sp³-hybridized carbons (Fsp3) is 0.286. The first kappa shape index (κ1) is 13.8. The van der Waals surface area contributed by atoms with Gasteiger partial charge in [-0.05, 0) is 38.5 Å². The predicted octanol–water partition coefficient (Wildman–Crippen LogP) is 3.54. The van der Waals surface area contributed by atoms with Crippen LogP contribution >= 0.6 is 15.9 Å². The highest BCUT2D eigenvalue weighted by Crippen LogP contribution is 2.19. The van der Waals surface area contributed by atoms with E-state index >= 15 is 0 Å². The van der Waals surface area contributed by atoms with Crippen LogP contribution in [0.5, 0.6) is 0 Å². The first-order chi connectivity index (χ1) is 8.99. The Morgan fingerprint density at radius 2 is 2.16 bits per heavy atom. The minimum atomic E-state index is -0.163. The number of hydrogen-bond donors (Lipinski definition) is 1. The Labute approximate surface area is 120 Å². The fourth-order valence-electron chi connectivity index (χ4n) is 1.94. The Morgan fingerprint density at radius 1 is 1.42 bits per heavy atom. The molecular formula is C14H15BrN2O2. The van der Waals surface area contributed by atoms with Gasteiger partial charge in [-0.15, -0.1) is 0 Å². The van der Waals surface area contributed by atoms with Gasteiger partial charge < -0.3 is 9.84 Å². The molecule has 1 N–H and O–H groups in total. The number of benzene rings is 1. The van der Waals surface area contributed by atoms with Gasteiger partial charge in [-0.3, -0.25) is 4.79 Å². The lowest BCUT2D eigenvalue weighted by atomic mass is 10.1. The average molecular weight is 323 g/mol. The van der Waals surface area contributed by atoms with Gasteiger partial charge in [0.25, 0.3) is 5.91 Å². The molecule has 0 aliphatic carbocycles. The fourth-order valence-corrected chi connectivity index (χ4v) is 2.35. The molecule has 0 aliphatic rings. The van der Waals surface area contributed by atoms with E-state index in [0.717, 1.165) is 10.0 Å². The number of nitrogens with zero attached hydrogens (tertiary/aromatic N) is 1. The van der Waals surface area contributed by atoms with E-state index in [9.17, 15) is 4.79 Å². The number of halogens is 1. The number of hydrogen-bond acceptors (Lipinski definition) is 3. The van der Waals surface area contributed by atoms with E-state index in [1.54, 1.807) is 13.8 Å². The lowest BCUT2D eigenvalue weighted by Gasteiger charge is -2.14. The van der Waals surface area contributed by atoms with Crippen molar-refractivity contribution in [3.05, 3.63) is 51.3 Å². The molecule has 100 valence electrons. The molecule has 1 aromatic heterocycles. The lowest BCUT2D eigenvalue weighted by molar-refractivity contribution is 0.0938. The second-order valence-electron chi connectivity index (χ2n) is 4.45. The van der Waals surface area contributed by atoms with Gasteiger partial charge in [0.05, 0.1) is 11.7 Å². The number of nitrogens with one attached hydrogen (secondary N) is 1. The minimum absolute atomic E-state index is 0.0845. The molecule has 0 spiro atoms. The summed E-state index contributed by atoms with van der Waals surface area (Å²) in [5.74, 6) is 0.375. The van der Waals surface area contributed by atoms with Crippen LogP contribution in [0.1, 0.15) is 40.3 Å². The molecule has 0 aliphatic heterocycles. The second-order valence-corrected chi connectivity index (χ2v) is 5.37. The van der Waals surface area contributed by atoms with Gasteiger partial charge in [0.15, 0.2) is 0 Å². The van der Waals surface area contributed by atoms with Crippen molar-refractivity contribution in [2.75, 3.05) is 0 Å². The predicted molar refractivity (Wildman–Crippen MR) is 76.0 cm³/mol. The summed E-state index contributed by atoms with van der Waals surface area (Å²) in [7, 11) is 0. The van der Waals surface area contributed by atoms with Crippen molar-refractivity contribution in [3.8, 4) is 0 Å². The molecule has 1 amide bonds. The number of carbonyl (C=O) groups excluding carboxylic acids is 1. The number of aryl methyl sites for hydroxylation is 2. The zero-order valence-corrected chi connectivity index (χ0v) is 12.6. The Morgan fingerprint density at radius 3 is 2.74 bits per heavy atom. The van der Waals surface area contributed by atoms with Crippen LogP contribution in [0.25, 0.3) is 0 Å². The third-order valence-corrected chi connectivity index (χ3v) is 3.45. The van der Waals surface area contributed by atoms with Crippen molar-refractivity contribution in [2.45, 2.75) is 26.8 Å². The van der Waals surface area contributed by atoms with E-state index in [0.29, 0.717) is 17.0 Å². The smallest absolute Gasteiger partial charge is 0.257 e. The largest absolute Gasteiger partial charge is 0.361 e. The maximum Gasteiger partial charge on any atom is 0.257 e. The van der Waals surface area contributed by atoms with E-state index < -0.39 is 0 Å². The van der Waals surface area contributed by atoms with Crippen molar-refractivity contribution in [2.24, 2.45) is 0 Å². The van der Waals surface area contributed by atoms with E-state index in [2.05, 4.69) is 26.4 Å². The lowest BCUT2D eigenvalue weighted by Crippen LogP contribution is -2.27. The Balaban J connectivity index is 2.15. The molecule has 4 nitrogen and oxygen atoms in total. The summed E-state index contributed by atoms with van der Waals surface area (Å²) in [5, 5.41) is 6.74. The summed E-state index contributed by atoms with van der Waals surface area (Å²) < 4.78 is 5.99. The number of aromatic nitrogens is 1. The molecule has 2 aromatic rings. The van der Waals surface area contributed by atoms with E-state index in [1.807, 2.05) is 31.2 Å². The van der Waals surface area contributed by atoms with E-state index in [1.165, 1.54) is 0 Å². The molecule has 0 bridgehead atoms.